The molecule has 2 aromatic heterocycles. The second-order valence-electron chi connectivity index (χ2n) is 6.39. The third-order valence-electron chi connectivity index (χ3n) is 4.69. The lowest BCUT2D eigenvalue weighted by Gasteiger charge is -2.35. The number of halogens is 2. The fourth-order valence-electron chi connectivity index (χ4n) is 3.17. The number of nitrogens with zero attached hydrogens (tertiary/aromatic N) is 5. The molecule has 1 aliphatic heterocycles. The lowest BCUT2D eigenvalue weighted by molar-refractivity contribution is 0.0736. The molecule has 1 aliphatic rings. The van der Waals surface area contributed by atoms with E-state index < -0.39 is 23.1 Å². The minimum Gasteiger partial charge on any atom is -0.352 e. The van der Waals surface area contributed by atoms with Crippen LogP contribution in [0.4, 0.5) is 14.6 Å². The van der Waals surface area contributed by atoms with Crippen molar-refractivity contribution in [2.75, 3.05) is 31.1 Å². The minimum absolute atomic E-state index is 0.348. The molecule has 1 fully saturated rings. The SMILES string of the molecule is O=C(c1c(F)cccc1F)N1CCN(c2ccc(-c3ccncc3)nn2)CC1. The molecule has 4 rings (SSSR count). The van der Waals surface area contributed by atoms with Gasteiger partial charge < -0.3 is 9.80 Å². The molecule has 0 unspecified atom stereocenters. The van der Waals surface area contributed by atoms with Gasteiger partial charge in [-0.05, 0) is 36.4 Å². The van der Waals surface area contributed by atoms with E-state index in [2.05, 4.69) is 15.2 Å². The zero-order valence-electron chi connectivity index (χ0n) is 14.9. The van der Waals surface area contributed by atoms with Gasteiger partial charge in [0.15, 0.2) is 5.82 Å². The summed E-state index contributed by atoms with van der Waals surface area (Å²) in [6, 6.07) is 10.9. The fraction of sp³-hybridized carbons (Fsp3) is 0.200. The number of hydrogen-bond acceptors (Lipinski definition) is 5. The van der Waals surface area contributed by atoms with Crippen molar-refractivity contribution in [3.8, 4) is 11.3 Å². The van der Waals surface area contributed by atoms with Crippen molar-refractivity contribution in [2.24, 2.45) is 0 Å². The molecule has 1 aromatic carbocycles. The van der Waals surface area contributed by atoms with E-state index >= 15 is 0 Å². The molecule has 8 heteroatoms. The van der Waals surface area contributed by atoms with Crippen LogP contribution >= 0.6 is 0 Å². The topological polar surface area (TPSA) is 62.2 Å². The standard InChI is InChI=1S/C20H17F2N5O/c21-15-2-1-3-16(22)19(15)20(28)27-12-10-26(11-13-27)18-5-4-17(24-25-18)14-6-8-23-9-7-14/h1-9H,10-13H2. The zero-order chi connectivity index (χ0) is 19.5. The number of anilines is 1. The Morgan fingerprint density at radius 2 is 1.54 bits per heavy atom. The molecule has 0 N–H and O–H groups in total. The van der Waals surface area contributed by atoms with Gasteiger partial charge in [-0.2, -0.15) is 0 Å². The highest BCUT2D eigenvalue weighted by Crippen LogP contribution is 2.20. The first-order valence-electron chi connectivity index (χ1n) is 8.86. The van der Waals surface area contributed by atoms with E-state index in [1.165, 1.54) is 11.0 Å². The number of carbonyl (C=O) groups is 1. The number of rotatable bonds is 3. The molecular weight excluding hydrogens is 364 g/mol. The average Bonchev–Trinajstić information content (AvgIpc) is 2.74. The predicted molar refractivity (Wildman–Crippen MR) is 99.7 cm³/mol. The van der Waals surface area contributed by atoms with Crippen LogP contribution in [0.1, 0.15) is 10.4 Å². The third-order valence-corrected chi connectivity index (χ3v) is 4.69. The van der Waals surface area contributed by atoms with Crippen LogP contribution in [0.3, 0.4) is 0 Å². The van der Waals surface area contributed by atoms with Crippen LogP contribution in [0.5, 0.6) is 0 Å². The summed E-state index contributed by atoms with van der Waals surface area (Å²) in [5.74, 6) is -1.62. The summed E-state index contributed by atoms with van der Waals surface area (Å²) in [4.78, 5) is 19.9. The second-order valence-corrected chi connectivity index (χ2v) is 6.39. The molecule has 0 radical (unpaired) electrons. The number of pyridine rings is 1. The maximum atomic E-state index is 13.9. The van der Waals surface area contributed by atoms with Gasteiger partial charge in [-0.1, -0.05) is 6.07 Å². The third kappa shape index (κ3) is 3.53. The van der Waals surface area contributed by atoms with E-state index in [-0.39, 0.29) is 0 Å². The van der Waals surface area contributed by atoms with Gasteiger partial charge in [0.25, 0.3) is 5.91 Å². The number of hydrogen-bond donors (Lipinski definition) is 0. The van der Waals surface area contributed by atoms with Crippen molar-refractivity contribution in [1.29, 1.82) is 0 Å². The molecule has 142 valence electrons. The van der Waals surface area contributed by atoms with E-state index in [0.29, 0.717) is 32.0 Å². The van der Waals surface area contributed by atoms with E-state index in [9.17, 15) is 13.6 Å². The molecule has 0 atom stereocenters. The number of amides is 1. The maximum Gasteiger partial charge on any atom is 0.259 e. The molecule has 0 aliphatic carbocycles. The smallest absolute Gasteiger partial charge is 0.259 e. The van der Waals surface area contributed by atoms with Gasteiger partial charge in [0.2, 0.25) is 0 Å². The van der Waals surface area contributed by atoms with Gasteiger partial charge in [0.1, 0.15) is 17.2 Å². The zero-order valence-corrected chi connectivity index (χ0v) is 14.9. The van der Waals surface area contributed by atoms with E-state index in [1.807, 2.05) is 29.2 Å². The molecule has 6 nitrogen and oxygen atoms in total. The normalized spacial score (nSPS) is 14.2. The Balaban J connectivity index is 1.42. The van der Waals surface area contributed by atoms with Crippen molar-refractivity contribution < 1.29 is 13.6 Å². The summed E-state index contributed by atoms with van der Waals surface area (Å²) in [6.07, 6.45) is 3.39. The minimum atomic E-state index is -0.843. The van der Waals surface area contributed by atoms with E-state index in [4.69, 9.17) is 0 Å². The van der Waals surface area contributed by atoms with Gasteiger partial charge >= 0.3 is 0 Å². The number of benzene rings is 1. The predicted octanol–water partition coefficient (Wildman–Crippen LogP) is 2.78. The first-order valence-corrected chi connectivity index (χ1v) is 8.86. The first-order chi connectivity index (χ1) is 13.6. The fourth-order valence-corrected chi connectivity index (χ4v) is 3.17. The van der Waals surface area contributed by atoms with Gasteiger partial charge in [-0.15, -0.1) is 10.2 Å². The molecule has 3 heterocycles. The lowest BCUT2D eigenvalue weighted by Crippen LogP contribution is -2.49. The molecule has 28 heavy (non-hydrogen) atoms. The summed E-state index contributed by atoms with van der Waals surface area (Å²) in [5, 5.41) is 8.52. The summed E-state index contributed by atoms with van der Waals surface area (Å²) in [5.41, 5.74) is 1.17. The highest BCUT2D eigenvalue weighted by molar-refractivity contribution is 5.95. The Morgan fingerprint density at radius 3 is 2.14 bits per heavy atom. The van der Waals surface area contributed by atoms with Crippen molar-refractivity contribution in [3.63, 3.8) is 0 Å². The van der Waals surface area contributed by atoms with Gasteiger partial charge in [-0.25, -0.2) is 8.78 Å². The van der Waals surface area contributed by atoms with Crippen molar-refractivity contribution in [1.82, 2.24) is 20.1 Å². The van der Waals surface area contributed by atoms with Crippen LogP contribution in [-0.4, -0.2) is 52.2 Å². The first kappa shape index (κ1) is 18.0. The Labute approximate surface area is 160 Å². The monoisotopic (exact) mass is 381 g/mol. The van der Waals surface area contributed by atoms with Crippen LogP contribution in [0.25, 0.3) is 11.3 Å². The van der Waals surface area contributed by atoms with Crippen molar-refractivity contribution >= 4 is 11.7 Å². The molecule has 1 saturated heterocycles. The van der Waals surface area contributed by atoms with Gasteiger partial charge in [0.05, 0.1) is 5.69 Å². The molecular formula is C20H17F2N5O. The Bertz CT molecular complexity index is 953. The molecule has 3 aromatic rings. The Morgan fingerprint density at radius 1 is 0.857 bits per heavy atom. The average molecular weight is 381 g/mol. The van der Waals surface area contributed by atoms with Crippen LogP contribution in [0.2, 0.25) is 0 Å². The lowest BCUT2D eigenvalue weighted by atomic mass is 10.1. The maximum absolute atomic E-state index is 13.9. The molecule has 0 bridgehead atoms. The van der Waals surface area contributed by atoms with Crippen LogP contribution in [-0.2, 0) is 0 Å². The molecule has 0 saturated carbocycles. The van der Waals surface area contributed by atoms with Crippen LogP contribution in [0.15, 0.2) is 54.9 Å². The van der Waals surface area contributed by atoms with Crippen molar-refractivity contribution in [3.05, 3.63) is 72.1 Å². The van der Waals surface area contributed by atoms with E-state index in [1.54, 1.807) is 12.4 Å². The number of piperazine rings is 1. The summed E-state index contributed by atoms with van der Waals surface area (Å²) in [6.45, 7) is 1.71. The van der Waals surface area contributed by atoms with Crippen LogP contribution in [0, 0.1) is 11.6 Å². The Kier molecular flexibility index (Phi) is 4.92. The highest BCUT2D eigenvalue weighted by Gasteiger charge is 2.27. The summed E-state index contributed by atoms with van der Waals surface area (Å²) in [7, 11) is 0. The Hall–Kier alpha value is -3.42. The van der Waals surface area contributed by atoms with Crippen LogP contribution < -0.4 is 4.90 Å². The second kappa shape index (κ2) is 7.67. The quantitative estimate of drug-likeness (QED) is 0.698. The number of carbonyl (C=O) groups excluding carboxylic acids is 1. The highest BCUT2D eigenvalue weighted by atomic mass is 19.1. The van der Waals surface area contributed by atoms with Gasteiger partial charge in [0, 0.05) is 44.1 Å². The summed E-state index contributed by atoms with van der Waals surface area (Å²) >= 11 is 0. The van der Waals surface area contributed by atoms with Gasteiger partial charge in [-0.3, -0.25) is 9.78 Å². The largest absolute Gasteiger partial charge is 0.352 e. The summed E-state index contributed by atoms with van der Waals surface area (Å²) < 4.78 is 27.7. The van der Waals surface area contributed by atoms with Crippen molar-refractivity contribution in [2.45, 2.75) is 0 Å². The molecule has 0 spiro atoms. The molecule has 1 amide bonds. The number of aromatic nitrogens is 3. The van der Waals surface area contributed by atoms with E-state index in [0.717, 1.165) is 23.4 Å².